The van der Waals surface area contributed by atoms with E-state index in [1.165, 1.54) is 0 Å². The molecule has 3 heteroatoms. The fourth-order valence-corrected chi connectivity index (χ4v) is 2.64. The van der Waals surface area contributed by atoms with E-state index in [1.807, 2.05) is 0 Å². The molecule has 1 aromatic carbocycles. The number of hydrogen-bond donors (Lipinski definition) is 0. The largest absolute Gasteiger partial charge is 0.387 e. The Bertz CT molecular complexity index is 488. The highest BCUT2D eigenvalue weighted by Crippen LogP contribution is 2.43. The van der Waals surface area contributed by atoms with Crippen LogP contribution < -0.4 is 4.74 Å². The van der Waals surface area contributed by atoms with E-state index in [4.69, 9.17) is 10.00 Å². The van der Waals surface area contributed by atoms with Gasteiger partial charge in [-0.3, -0.25) is 0 Å². The van der Waals surface area contributed by atoms with Crippen LogP contribution in [0, 0.1) is 17.3 Å². The highest BCUT2D eigenvalue weighted by Gasteiger charge is 2.31. The molecule has 0 aliphatic heterocycles. The number of ether oxygens (including phenoxy) is 1. The lowest BCUT2D eigenvalue weighted by molar-refractivity contribution is 0.477. The number of rotatable bonds is 1. The van der Waals surface area contributed by atoms with E-state index < -0.39 is 0 Å². The first-order valence-corrected chi connectivity index (χ1v) is 5.24. The third-order valence-electron chi connectivity index (χ3n) is 3.43. The van der Waals surface area contributed by atoms with Crippen molar-refractivity contribution >= 4 is 0 Å². The molecule has 0 fully saturated rings. The van der Waals surface area contributed by atoms with E-state index in [0.717, 1.165) is 54.4 Å². The molecular weight excluding hydrogens is 193 g/mol. The smallest absolute Gasteiger partial charge is 0.292 e. The molecule has 0 amide bonds. The summed E-state index contributed by atoms with van der Waals surface area (Å²) in [7, 11) is 0. The summed E-state index contributed by atoms with van der Waals surface area (Å²) < 4.78 is 18.9. The Kier molecular flexibility index (Phi) is 1.72. The Morgan fingerprint density at radius 1 is 1.00 bits per heavy atom. The van der Waals surface area contributed by atoms with E-state index >= 15 is 0 Å². The van der Waals surface area contributed by atoms with E-state index in [1.54, 1.807) is 6.26 Å². The summed E-state index contributed by atoms with van der Waals surface area (Å²) in [5, 5.41) is 8.59. The van der Waals surface area contributed by atoms with Crippen LogP contribution in [0.15, 0.2) is 0 Å². The summed E-state index contributed by atoms with van der Waals surface area (Å²) in [6, 6.07) is 0. The first kappa shape index (κ1) is 8.72. The van der Waals surface area contributed by atoms with Crippen molar-refractivity contribution in [3.05, 3.63) is 28.1 Å². The lowest BCUT2D eigenvalue weighted by Gasteiger charge is -2.24. The van der Waals surface area contributed by atoms with Gasteiger partial charge in [0.25, 0.3) is 6.26 Å². The second-order valence-corrected chi connectivity index (χ2v) is 4.10. The van der Waals surface area contributed by atoms with Crippen LogP contribution in [0.5, 0.6) is 5.75 Å². The monoisotopic (exact) mass is 203 g/mol. The summed E-state index contributed by atoms with van der Waals surface area (Å²) in [5.41, 5.74) is 3.43. The van der Waals surface area contributed by atoms with Gasteiger partial charge in [-0.2, -0.15) is 0 Å². The molecule has 2 nitrogen and oxygen atoms in total. The van der Waals surface area contributed by atoms with Gasteiger partial charge in [0.1, 0.15) is 11.6 Å². The van der Waals surface area contributed by atoms with Crippen molar-refractivity contribution in [2.75, 3.05) is 0 Å². The number of nitrogens with zero attached hydrogens (tertiary/aromatic N) is 1. The Morgan fingerprint density at radius 2 is 1.60 bits per heavy atom. The summed E-state index contributed by atoms with van der Waals surface area (Å²) in [6.07, 6.45) is 5.95. The number of nitriles is 1. The van der Waals surface area contributed by atoms with Crippen molar-refractivity contribution in [3.63, 3.8) is 0 Å². The molecule has 0 aromatic heterocycles. The minimum Gasteiger partial charge on any atom is -0.387 e. The normalized spacial score (nSPS) is 16.3. The van der Waals surface area contributed by atoms with Crippen LogP contribution in [-0.4, -0.2) is 0 Å². The van der Waals surface area contributed by atoms with Crippen molar-refractivity contribution in [2.45, 2.75) is 32.1 Å². The number of hydrogen-bond acceptors (Lipinski definition) is 2. The van der Waals surface area contributed by atoms with E-state index in [9.17, 15) is 4.39 Å². The Morgan fingerprint density at radius 3 is 2.27 bits per heavy atom. The van der Waals surface area contributed by atoms with Gasteiger partial charge in [-0.05, 0) is 43.2 Å². The molecule has 2 aliphatic rings. The van der Waals surface area contributed by atoms with Gasteiger partial charge in [0.05, 0.1) is 0 Å². The van der Waals surface area contributed by atoms with Crippen LogP contribution in [-0.2, 0) is 25.7 Å². The first-order valence-electron chi connectivity index (χ1n) is 5.24. The highest BCUT2D eigenvalue weighted by atomic mass is 19.1. The Hall–Kier alpha value is -1.56. The molecule has 0 saturated carbocycles. The van der Waals surface area contributed by atoms with E-state index in [2.05, 4.69) is 0 Å². The summed E-state index contributed by atoms with van der Waals surface area (Å²) in [6.45, 7) is 0. The molecule has 15 heavy (non-hydrogen) atoms. The molecule has 2 aliphatic carbocycles. The van der Waals surface area contributed by atoms with Crippen molar-refractivity contribution < 1.29 is 9.13 Å². The predicted molar refractivity (Wildman–Crippen MR) is 52.1 cm³/mol. The molecule has 3 rings (SSSR count). The second kappa shape index (κ2) is 2.96. The zero-order valence-electron chi connectivity index (χ0n) is 8.27. The maximum Gasteiger partial charge on any atom is 0.292 e. The van der Waals surface area contributed by atoms with Gasteiger partial charge >= 0.3 is 0 Å². The molecule has 1 aromatic rings. The van der Waals surface area contributed by atoms with Crippen LogP contribution in [0.25, 0.3) is 0 Å². The van der Waals surface area contributed by atoms with Gasteiger partial charge in [-0.15, -0.1) is 5.26 Å². The fraction of sp³-hybridized carbons (Fsp3) is 0.417. The van der Waals surface area contributed by atoms with Crippen LogP contribution in [0.4, 0.5) is 4.39 Å². The summed E-state index contributed by atoms with van der Waals surface area (Å²) in [5.74, 6) is 0.627. The lowest BCUT2D eigenvalue weighted by atomic mass is 9.83. The molecule has 0 spiro atoms. The lowest BCUT2D eigenvalue weighted by Crippen LogP contribution is -2.16. The number of halogens is 1. The molecule has 0 radical (unpaired) electrons. The highest BCUT2D eigenvalue weighted by molar-refractivity contribution is 5.57. The predicted octanol–water partition coefficient (Wildman–Crippen LogP) is 2.27. The average Bonchev–Trinajstić information content (AvgIpc) is 2.62. The fourth-order valence-electron chi connectivity index (χ4n) is 2.64. The van der Waals surface area contributed by atoms with Crippen LogP contribution in [0.1, 0.15) is 28.7 Å². The molecular formula is C12H10FNO. The van der Waals surface area contributed by atoms with Gasteiger partial charge < -0.3 is 4.74 Å². The number of fused-ring (bicyclic) bond motifs is 2. The maximum absolute atomic E-state index is 13.9. The summed E-state index contributed by atoms with van der Waals surface area (Å²) >= 11 is 0. The third kappa shape index (κ3) is 1.02. The van der Waals surface area contributed by atoms with Crippen molar-refractivity contribution in [2.24, 2.45) is 0 Å². The third-order valence-corrected chi connectivity index (χ3v) is 3.43. The van der Waals surface area contributed by atoms with Gasteiger partial charge in [0.15, 0.2) is 0 Å². The Balaban J connectivity index is 2.27. The Labute approximate surface area is 87.3 Å². The molecule has 0 bridgehead atoms. The van der Waals surface area contributed by atoms with E-state index in [-0.39, 0.29) is 5.82 Å². The molecule has 76 valence electrons. The van der Waals surface area contributed by atoms with Gasteiger partial charge in [0.2, 0.25) is 0 Å². The zero-order chi connectivity index (χ0) is 10.4. The van der Waals surface area contributed by atoms with Gasteiger partial charge in [-0.1, -0.05) is 0 Å². The SMILES string of the molecule is N#COc1c2c(c(F)c3c1CC3)CCC2. The van der Waals surface area contributed by atoms with Gasteiger partial charge in [0, 0.05) is 11.1 Å². The second-order valence-electron chi connectivity index (χ2n) is 4.10. The topological polar surface area (TPSA) is 33.0 Å². The van der Waals surface area contributed by atoms with Crippen LogP contribution >= 0.6 is 0 Å². The minimum absolute atomic E-state index is 0.0333. The summed E-state index contributed by atoms with van der Waals surface area (Å²) in [4.78, 5) is 0. The quantitative estimate of drug-likeness (QED) is 0.656. The van der Waals surface area contributed by atoms with Gasteiger partial charge in [-0.25, -0.2) is 4.39 Å². The molecule has 0 saturated heterocycles. The zero-order valence-corrected chi connectivity index (χ0v) is 8.27. The van der Waals surface area contributed by atoms with E-state index in [0.29, 0.717) is 5.75 Å². The van der Waals surface area contributed by atoms with Crippen LogP contribution in [0.2, 0.25) is 0 Å². The molecule has 0 atom stereocenters. The standard InChI is InChI=1S/C12H10FNO/c13-11-7-2-1-3-9(7)12(15-6-14)10-5-4-8(10)11/h1-5H2. The maximum atomic E-state index is 13.9. The first-order chi connectivity index (χ1) is 7.33. The van der Waals surface area contributed by atoms with Crippen molar-refractivity contribution in [1.29, 1.82) is 5.26 Å². The van der Waals surface area contributed by atoms with Crippen molar-refractivity contribution in [3.8, 4) is 12.0 Å². The molecule has 0 heterocycles. The number of benzene rings is 1. The molecule has 0 N–H and O–H groups in total. The van der Waals surface area contributed by atoms with Crippen LogP contribution in [0.3, 0.4) is 0 Å². The molecule has 0 unspecified atom stereocenters. The average molecular weight is 203 g/mol. The van der Waals surface area contributed by atoms with Crippen molar-refractivity contribution in [1.82, 2.24) is 0 Å². The minimum atomic E-state index is -0.0333.